The molecule has 6 nitrogen and oxygen atoms in total. The van der Waals surface area contributed by atoms with Crippen LogP contribution in [0, 0.1) is 6.92 Å². The summed E-state index contributed by atoms with van der Waals surface area (Å²) >= 11 is 1.25. The number of thioether (sulfide) groups is 1. The normalized spacial score (nSPS) is 28.5. The van der Waals surface area contributed by atoms with Crippen molar-refractivity contribution in [2.24, 2.45) is 0 Å². The molecule has 1 saturated heterocycles. The van der Waals surface area contributed by atoms with Crippen LogP contribution in [0.2, 0.25) is 0 Å². The minimum Gasteiger partial charge on any atom is -0.475 e. The number of aromatic nitrogens is 1. The Kier molecular flexibility index (Phi) is 4.39. The van der Waals surface area contributed by atoms with Gasteiger partial charge in [-0.05, 0) is 31.2 Å². The zero-order valence-electron chi connectivity index (χ0n) is 11.9. The van der Waals surface area contributed by atoms with E-state index in [1.165, 1.54) is 18.0 Å². The van der Waals surface area contributed by atoms with E-state index in [0.29, 0.717) is 23.0 Å². The second kappa shape index (κ2) is 6.29. The topological polar surface area (TPSA) is 96.0 Å². The van der Waals surface area contributed by atoms with Gasteiger partial charge in [-0.25, -0.2) is 4.98 Å². The SMILES string of the molecule is Cc1ccc(-c2ccc(O[C@@H]3SC[C@@H](O)[C@H](O)[C@H]3O)cn2)o1. The molecule has 0 spiro atoms. The van der Waals surface area contributed by atoms with Gasteiger partial charge in [-0.15, -0.1) is 11.8 Å². The predicted octanol–water partition coefficient (Wildman–Crippen LogP) is 1.18. The fourth-order valence-corrected chi connectivity index (χ4v) is 3.31. The standard InChI is InChI=1S/C15H17NO5S/c1-8-2-5-12(20-8)10-4-3-9(6-16-10)21-15-14(19)13(18)11(17)7-22-15/h2-6,11,13-15,17-19H,7H2,1H3/t11-,13+,14-,15-/m1/s1. The molecule has 118 valence electrons. The molecule has 3 N–H and O–H groups in total. The molecule has 7 heteroatoms. The Morgan fingerprint density at radius 3 is 2.64 bits per heavy atom. The molecule has 3 rings (SSSR count). The van der Waals surface area contributed by atoms with Gasteiger partial charge in [-0.2, -0.15) is 0 Å². The Morgan fingerprint density at radius 2 is 2.00 bits per heavy atom. The monoisotopic (exact) mass is 323 g/mol. The fraction of sp³-hybridized carbons (Fsp3) is 0.400. The summed E-state index contributed by atoms with van der Waals surface area (Å²) in [6, 6.07) is 7.20. The quantitative estimate of drug-likeness (QED) is 0.780. The van der Waals surface area contributed by atoms with Crippen LogP contribution in [0.15, 0.2) is 34.9 Å². The predicted molar refractivity (Wildman–Crippen MR) is 81.6 cm³/mol. The molecule has 2 aromatic rings. The van der Waals surface area contributed by atoms with Gasteiger partial charge in [0.2, 0.25) is 0 Å². The molecule has 2 aromatic heterocycles. The van der Waals surface area contributed by atoms with Crippen LogP contribution in [0.25, 0.3) is 11.5 Å². The first-order valence-corrected chi connectivity index (χ1v) is 7.95. The first kappa shape index (κ1) is 15.4. The number of ether oxygens (including phenoxy) is 1. The molecule has 0 bridgehead atoms. The third-order valence-corrected chi connectivity index (χ3v) is 4.67. The van der Waals surface area contributed by atoms with Crippen molar-refractivity contribution in [3.05, 3.63) is 36.2 Å². The van der Waals surface area contributed by atoms with Crippen molar-refractivity contribution in [1.82, 2.24) is 4.98 Å². The zero-order chi connectivity index (χ0) is 15.7. The van der Waals surface area contributed by atoms with Crippen molar-refractivity contribution >= 4 is 11.8 Å². The summed E-state index contributed by atoms with van der Waals surface area (Å²) in [5.74, 6) is 2.27. The molecule has 22 heavy (non-hydrogen) atoms. The molecular weight excluding hydrogens is 306 g/mol. The van der Waals surface area contributed by atoms with E-state index >= 15 is 0 Å². The first-order chi connectivity index (χ1) is 10.5. The van der Waals surface area contributed by atoms with E-state index in [1.54, 1.807) is 12.1 Å². The smallest absolute Gasteiger partial charge is 0.173 e. The number of pyridine rings is 1. The van der Waals surface area contributed by atoms with E-state index in [4.69, 9.17) is 9.15 Å². The first-order valence-electron chi connectivity index (χ1n) is 6.90. The van der Waals surface area contributed by atoms with Gasteiger partial charge in [0, 0.05) is 5.75 Å². The fourth-order valence-electron chi connectivity index (χ4n) is 2.19. The van der Waals surface area contributed by atoms with Crippen molar-refractivity contribution in [3.8, 4) is 17.2 Å². The molecule has 0 saturated carbocycles. The van der Waals surface area contributed by atoms with Gasteiger partial charge in [0.05, 0.1) is 12.3 Å². The van der Waals surface area contributed by atoms with E-state index in [1.807, 2.05) is 19.1 Å². The lowest BCUT2D eigenvalue weighted by Gasteiger charge is -2.34. The van der Waals surface area contributed by atoms with Gasteiger partial charge in [-0.3, -0.25) is 0 Å². The third-order valence-electron chi connectivity index (χ3n) is 3.44. The second-order valence-electron chi connectivity index (χ2n) is 5.16. The molecule has 4 atom stereocenters. The van der Waals surface area contributed by atoms with Crippen LogP contribution in [0.4, 0.5) is 0 Å². The number of hydrogen-bond acceptors (Lipinski definition) is 7. The summed E-state index contributed by atoms with van der Waals surface area (Å²) in [6.45, 7) is 1.86. The van der Waals surface area contributed by atoms with Crippen LogP contribution in [0.1, 0.15) is 5.76 Å². The van der Waals surface area contributed by atoms with Crippen LogP contribution in [0.5, 0.6) is 5.75 Å². The molecule has 0 unspecified atom stereocenters. The highest BCUT2D eigenvalue weighted by Gasteiger charge is 2.38. The van der Waals surface area contributed by atoms with E-state index in [-0.39, 0.29) is 0 Å². The van der Waals surface area contributed by atoms with Crippen LogP contribution in [0.3, 0.4) is 0 Å². The molecule has 1 fully saturated rings. The Hall–Kier alpha value is -1.54. The van der Waals surface area contributed by atoms with E-state index in [2.05, 4.69) is 4.98 Å². The summed E-state index contributed by atoms with van der Waals surface area (Å²) in [5, 5.41) is 29.1. The van der Waals surface area contributed by atoms with Gasteiger partial charge < -0.3 is 24.5 Å². The highest BCUT2D eigenvalue weighted by atomic mass is 32.2. The van der Waals surface area contributed by atoms with E-state index in [9.17, 15) is 15.3 Å². The van der Waals surface area contributed by atoms with Crippen molar-refractivity contribution < 1.29 is 24.5 Å². The highest BCUT2D eigenvalue weighted by molar-refractivity contribution is 7.99. The number of aliphatic hydroxyl groups is 3. The lowest BCUT2D eigenvalue weighted by Crippen LogP contribution is -2.50. The van der Waals surface area contributed by atoms with Gasteiger partial charge in [0.1, 0.15) is 29.4 Å². The molecule has 0 aromatic carbocycles. The van der Waals surface area contributed by atoms with E-state index in [0.717, 1.165) is 5.76 Å². The summed E-state index contributed by atoms with van der Waals surface area (Å²) in [7, 11) is 0. The van der Waals surface area contributed by atoms with Crippen LogP contribution in [-0.4, -0.2) is 49.8 Å². The number of aliphatic hydroxyl groups excluding tert-OH is 3. The molecule has 0 amide bonds. The third kappa shape index (κ3) is 3.12. The zero-order valence-corrected chi connectivity index (χ0v) is 12.7. The number of aryl methyl sites for hydroxylation is 1. The number of nitrogens with zero attached hydrogens (tertiary/aromatic N) is 1. The van der Waals surface area contributed by atoms with Crippen molar-refractivity contribution in [1.29, 1.82) is 0 Å². The Bertz CT molecular complexity index is 629. The Labute approximate surface area is 131 Å². The van der Waals surface area contributed by atoms with Crippen molar-refractivity contribution in [3.63, 3.8) is 0 Å². The lowest BCUT2D eigenvalue weighted by molar-refractivity contribution is -0.0786. The average Bonchev–Trinajstić information content (AvgIpc) is 2.95. The van der Waals surface area contributed by atoms with Gasteiger partial charge >= 0.3 is 0 Å². The minimum absolute atomic E-state index is 0.306. The maximum Gasteiger partial charge on any atom is 0.173 e. The Balaban J connectivity index is 1.69. The molecular formula is C15H17NO5S. The van der Waals surface area contributed by atoms with Crippen molar-refractivity contribution in [2.45, 2.75) is 30.7 Å². The van der Waals surface area contributed by atoms with Crippen LogP contribution >= 0.6 is 11.8 Å². The Morgan fingerprint density at radius 1 is 1.18 bits per heavy atom. The summed E-state index contributed by atoms with van der Waals surface area (Å²) in [6.07, 6.45) is -1.76. The van der Waals surface area contributed by atoms with E-state index < -0.39 is 23.7 Å². The average molecular weight is 323 g/mol. The lowest BCUT2D eigenvalue weighted by atomic mass is 10.1. The van der Waals surface area contributed by atoms with Gasteiger partial charge in [0.15, 0.2) is 11.2 Å². The molecule has 0 aliphatic carbocycles. The van der Waals surface area contributed by atoms with Gasteiger partial charge in [0.25, 0.3) is 0 Å². The summed E-state index contributed by atoms with van der Waals surface area (Å²) in [5.41, 5.74) is 0.0460. The van der Waals surface area contributed by atoms with Crippen LogP contribution < -0.4 is 4.74 Å². The maximum absolute atomic E-state index is 9.91. The maximum atomic E-state index is 9.91. The number of rotatable bonds is 3. The highest BCUT2D eigenvalue weighted by Crippen LogP contribution is 2.29. The number of hydrogen-bond donors (Lipinski definition) is 3. The van der Waals surface area contributed by atoms with Crippen molar-refractivity contribution in [2.75, 3.05) is 5.75 Å². The minimum atomic E-state index is -1.20. The summed E-state index contributed by atoms with van der Waals surface area (Å²) < 4.78 is 11.1. The second-order valence-corrected chi connectivity index (χ2v) is 6.29. The summed E-state index contributed by atoms with van der Waals surface area (Å²) in [4.78, 5) is 4.27. The number of furan rings is 1. The molecule has 3 heterocycles. The molecule has 0 radical (unpaired) electrons. The largest absolute Gasteiger partial charge is 0.475 e. The van der Waals surface area contributed by atoms with Crippen LogP contribution in [-0.2, 0) is 0 Å². The molecule has 1 aliphatic rings. The molecule has 1 aliphatic heterocycles. The van der Waals surface area contributed by atoms with Gasteiger partial charge in [-0.1, -0.05) is 0 Å².